The van der Waals surface area contributed by atoms with E-state index in [9.17, 15) is 0 Å². The van der Waals surface area contributed by atoms with Crippen LogP contribution in [0.1, 0.15) is 13.8 Å². The van der Waals surface area contributed by atoms with Gasteiger partial charge in [-0.2, -0.15) is 0 Å². The van der Waals surface area contributed by atoms with Gasteiger partial charge in [-0.15, -0.1) is 0 Å². The first kappa shape index (κ1) is 13.9. The molecule has 5 heteroatoms. The van der Waals surface area contributed by atoms with Gasteiger partial charge in [0.15, 0.2) is 0 Å². The van der Waals surface area contributed by atoms with Gasteiger partial charge in [-0.25, -0.2) is 9.97 Å². The van der Waals surface area contributed by atoms with Gasteiger partial charge < -0.3 is 10.3 Å². The molecule has 0 radical (unpaired) electrons. The summed E-state index contributed by atoms with van der Waals surface area (Å²) in [6.07, 6.45) is 3.52. The van der Waals surface area contributed by atoms with E-state index in [1.54, 1.807) is 6.33 Å². The normalized spacial score (nSPS) is 11.2. The number of H-pyrrole nitrogens is 1. The zero-order valence-corrected chi connectivity index (χ0v) is 12.8. The highest BCUT2D eigenvalue weighted by Gasteiger charge is 2.13. The molecule has 0 fully saturated rings. The van der Waals surface area contributed by atoms with Crippen molar-refractivity contribution in [2.24, 2.45) is 5.92 Å². The fourth-order valence-electron chi connectivity index (χ4n) is 2.28. The fraction of sp³-hybridized carbons (Fsp3) is 0.250. The predicted octanol–water partition coefficient (Wildman–Crippen LogP) is 4.35. The molecule has 0 unspecified atom stereocenters. The summed E-state index contributed by atoms with van der Waals surface area (Å²) in [5, 5.41) is 5.11. The van der Waals surface area contributed by atoms with Gasteiger partial charge in [0.2, 0.25) is 0 Å². The van der Waals surface area contributed by atoms with Crippen molar-refractivity contribution in [2.45, 2.75) is 13.8 Å². The zero-order chi connectivity index (χ0) is 14.8. The van der Waals surface area contributed by atoms with E-state index in [1.807, 2.05) is 30.5 Å². The third-order valence-corrected chi connectivity index (χ3v) is 3.52. The van der Waals surface area contributed by atoms with Crippen LogP contribution in [-0.2, 0) is 0 Å². The molecule has 1 aromatic carbocycles. The minimum absolute atomic E-state index is 0.545. The molecule has 3 aromatic rings. The minimum Gasteiger partial charge on any atom is -0.369 e. The molecular formula is C16H17ClN4. The quantitative estimate of drug-likeness (QED) is 0.753. The van der Waals surface area contributed by atoms with E-state index in [2.05, 4.69) is 34.1 Å². The molecule has 0 aliphatic rings. The Bertz CT molecular complexity index is 764. The number of aromatic amines is 1. The van der Waals surface area contributed by atoms with Gasteiger partial charge in [0, 0.05) is 23.3 Å². The number of benzene rings is 1. The number of hydrogen-bond acceptors (Lipinski definition) is 3. The second kappa shape index (κ2) is 5.74. The molecule has 2 heterocycles. The predicted molar refractivity (Wildman–Crippen MR) is 87.7 cm³/mol. The molecule has 0 aliphatic heterocycles. The Morgan fingerprint density at radius 2 is 2.14 bits per heavy atom. The van der Waals surface area contributed by atoms with Gasteiger partial charge in [-0.3, -0.25) is 0 Å². The first-order valence-electron chi connectivity index (χ1n) is 6.97. The van der Waals surface area contributed by atoms with Crippen LogP contribution in [0.15, 0.2) is 36.8 Å². The minimum atomic E-state index is 0.545. The summed E-state index contributed by atoms with van der Waals surface area (Å²) in [5.74, 6) is 1.40. The molecular weight excluding hydrogens is 284 g/mol. The lowest BCUT2D eigenvalue weighted by Gasteiger charge is -2.10. The van der Waals surface area contributed by atoms with Crippen LogP contribution in [0.2, 0.25) is 5.02 Å². The Hall–Kier alpha value is -2.07. The molecule has 2 aromatic heterocycles. The Kier molecular flexibility index (Phi) is 3.80. The van der Waals surface area contributed by atoms with Crippen LogP contribution in [0.3, 0.4) is 0 Å². The highest BCUT2D eigenvalue weighted by molar-refractivity contribution is 6.30. The van der Waals surface area contributed by atoms with Gasteiger partial charge in [0.25, 0.3) is 0 Å². The number of nitrogens with zero attached hydrogens (tertiary/aromatic N) is 2. The van der Waals surface area contributed by atoms with Gasteiger partial charge in [-0.1, -0.05) is 37.6 Å². The highest BCUT2D eigenvalue weighted by Crippen LogP contribution is 2.32. The number of fused-ring (bicyclic) bond motifs is 1. The molecule has 0 bridgehead atoms. The summed E-state index contributed by atoms with van der Waals surface area (Å²) >= 11 is 6.10. The van der Waals surface area contributed by atoms with Crippen molar-refractivity contribution in [2.75, 3.05) is 11.9 Å². The lowest BCUT2D eigenvalue weighted by Crippen LogP contribution is -2.09. The lowest BCUT2D eigenvalue weighted by molar-refractivity contribution is 0.687. The van der Waals surface area contributed by atoms with E-state index >= 15 is 0 Å². The first-order chi connectivity index (χ1) is 10.1. The molecule has 0 saturated heterocycles. The van der Waals surface area contributed by atoms with Crippen molar-refractivity contribution < 1.29 is 0 Å². The van der Waals surface area contributed by atoms with Crippen LogP contribution in [0.25, 0.3) is 22.2 Å². The average molecular weight is 301 g/mol. The lowest BCUT2D eigenvalue weighted by atomic mass is 10.1. The van der Waals surface area contributed by atoms with Crippen LogP contribution >= 0.6 is 11.6 Å². The topological polar surface area (TPSA) is 53.6 Å². The Morgan fingerprint density at radius 1 is 1.29 bits per heavy atom. The summed E-state index contributed by atoms with van der Waals surface area (Å²) in [4.78, 5) is 11.9. The second-order valence-electron chi connectivity index (χ2n) is 5.43. The first-order valence-corrected chi connectivity index (χ1v) is 7.35. The summed E-state index contributed by atoms with van der Waals surface area (Å²) < 4.78 is 0. The second-order valence-corrected chi connectivity index (χ2v) is 5.87. The fourth-order valence-corrected chi connectivity index (χ4v) is 2.47. The molecule has 2 N–H and O–H groups in total. The SMILES string of the molecule is CC(C)CNc1ncnc2[nH]cc(-c3cccc(Cl)c3)c12. The largest absolute Gasteiger partial charge is 0.369 e. The van der Waals surface area contributed by atoms with Crippen LogP contribution in [0.4, 0.5) is 5.82 Å². The third-order valence-electron chi connectivity index (χ3n) is 3.28. The van der Waals surface area contributed by atoms with E-state index < -0.39 is 0 Å². The van der Waals surface area contributed by atoms with E-state index in [1.165, 1.54) is 0 Å². The average Bonchev–Trinajstić information content (AvgIpc) is 2.89. The maximum atomic E-state index is 6.10. The summed E-state index contributed by atoms with van der Waals surface area (Å²) in [6, 6.07) is 7.80. The van der Waals surface area contributed by atoms with Gasteiger partial charge in [0.05, 0.1) is 5.39 Å². The van der Waals surface area contributed by atoms with Crippen LogP contribution in [0, 0.1) is 5.92 Å². The molecule has 0 aliphatic carbocycles. The Balaban J connectivity index is 2.11. The van der Waals surface area contributed by atoms with Crippen molar-refractivity contribution in [3.8, 4) is 11.1 Å². The van der Waals surface area contributed by atoms with Gasteiger partial charge in [-0.05, 0) is 23.6 Å². The number of aromatic nitrogens is 3. The van der Waals surface area contributed by atoms with E-state index in [-0.39, 0.29) is 0 Å². The molecule has 4 nitrogen and oxygen atoms in total. The monoisotopic (exact) mass is 300 g/mol. The number of rotatable bonds is 4. The van der Waals surface area contributed by atoms with Gasteiger partial charge >= 0.3 is 0 Å². The van der Waals surface area contributed by atoms with Crippen molar-refractivity contribution in [3.63, 3.8) is 0 Å². The highest BCUT2D eigenvalue weighted by atomic mass is 35.5. The maximum absolute atomic E-state index is 6.10. The number of halogens is 1. The Morgan fingerprint density at radius 3 is 2.90 bits per heavy atom. The standard InChI is InChI=1S/C16H17ClN4/c1-10(2)7-18-15-14-13(8-19-16(14)21-9-20-15)11-4-3-5-12(17)6-11/h3-6,8-10H,7H2,1-2H3,(H2,18,19,20,21). The molecule has 0 saturated carbocycles. The number of hydrogen-bond donors (Lipinski definition) is 2. The van der Waals surface area contributed by atoms with Gasteiger partial charge in [0.1, 0.15) is 17.8 Å². The zero-order valence-electron chi connectivity index (χ0n) is 12.0. The van der Waals surface area contributed by atoms with E-state index in [0.29, 0.717) is 5.92 Å². The summed E-state index contributed by atoms with van der Waals surface area (Å²) in [6.45, 7) is 5.20. The van der Waals surface area contributed by atoms with Crippen molar-refractivity contribution in [1.82, 2.24) is 15.0 Å². The molecule has 0 spiro atoms. The van der Waals surface area contributed by atoms with E-state index in [0.717, 1.165) is 39.5 Å². The third kappa shape index (κ3) is 2.85. The summed E-state index contributed by atoms with van der Waals surface area (Å²) in [7, 11) is 0. The molecule has 21 heavy (non-hydrogen) atoms. The molecule has 108 valence electrons. The maximum Gasteiger partial charge on any atom is 0.143 e. The van der Waals surface area contributed by atoms with Crippen LogP contribution in [0.5, 0.6) is 0 Å². The van der Waals surface area contributed by atoms with Crippen molar-refractivity contribution in [3.05, 3.63) is 41.8 Å². The number of anilines is 1. The summed E-state index contributed by atoms with van der Waals surface area (Å²) in [5.41, 5.74) is 2.93. The Labute approximate surface area is 128 Å². The molecule has 0 atom stereocenters. The number of nitrogens with one attached hydrogen (secondary N) is 2. The van der Waals surface area contributed by atoms with E-state index in [4.69, 9.17) is 11.6 Å². The van der Waals surface area contributed by atoms with Crippen molar-refractivity contribution >= 4 is 28.5 Å². The van der Waals surface area contributed by atoms with Crippen LogP contribution in [-0.4, -0.2) is 21.5 Å². The van der Waals surface area contributed by atoms with Crippen LogP contribution < -0.4 is 5.32 Å². The van der Waals surface area contributed by atoms with Crippen molar-refractivity contribution in [1.29, 1.82) is 0 Å². The smallest absolute Gasteiger partial charge is 0.143 e. The molecule has 0 amide bonds. The molecule has 3 rings (SSSR count).